The molecule has 0 aromatic heterocycles. The van der Waals surface area contributed by atoms with Crippen LogP contribution in [0.3, 0.4) is 0 Å². The zero-order valence-electron chi connectivity index (χ0n) is 8.29. The third kappa shape index (κ3) is 1.50. The Labute approximate surface area is 75.5 Å². The van der Waals surface area contributed by atoms with E-state index in [1.165, 1.54) is 39.1 Å². The molecule has 0 aromatic carbocycles. The predicted octanol–water partition coefficient (Wildman–Crippen LogP) is 0.890. The lowest BCUT2D eigenvalue weighted by Gasteiger charge is -2.33. The first-order chi connectivity index (χ1) is 5.79. The lowest BCUT2D eigenvalue weighted by molar-refractivity contribution is 0.155. The Morgan fingerprint density at radius 1 is 1.17 bits per heavy atom. The predicted molar refractivity (Wildman–Crippen MR) is 51.2 cm³/mol. The van der Waals surface area contributed by atoms with E-state index >= 15 is 0 Å². The van der Waals surface area contributed by atoms with Gasteiger partial charge in [0.05, 0.1) is 0 Å². The van der Waals surface area contributed by atoms with E-state index in [-0.39, 0.29) is 0 Å². The smallest absolute Gasteiger partial charge is 0.00249 e. The Balaban J connectivity index is 1.93. The monoisotopic (exact) mass is 168 g/mol. The van der Waals surface area contributed by atoms with Gasteiger partial charge in [-0.1, -0.05) is 6.92 Å². The summed E-state index contributed by atoms with van der Waals surface area (Å²) in [6, 6.07) is 0. The molecule has 2 nitrogen and oxygen atoms in total. The highest BCUT2D eigenvalue weighted by molar-refractivity contribution is 4.88. The summed E-state index contributed by atoms with van der Waals surface area (Å²) in [4.78, 5) is 5.09. The number of fused-ring (bicyclic) bond motifs is 1. The van der Waals surface area contributed by atoms with Gasteiger partial charge in [-0.05, 0) is 38.4 Å². The van der Waals surface area contributed by atoms with Crippen LogP contribution in [0, 0.1) is 11.8 Å². The minimum absolute atomic E-state index is 0.976. The van der Waals surface area contributed by atoms with Crippen molar-refractivity contribution >= 4 is 0 Å². The van der Waals surface area contributed by atoms with Gasteiger partial charge in [-0.25, -0.2) is 0 Å². The largest absolute Gasteiger partial charge is 0.306 e. The number of rotatable bonds is 1. The molecule has 0 saturated carbocycles. The van der Waals surface area contributed by atoms with Crippen molar-refractivity contribution in [3.05, 3.63) is 0 Å². The molecule has 2 saturated heterocycles. The average Bonchev–Trinajstić information content (AvgIpc) is 2.43. The molecule has 0 spiro atoms. The minimum Gasteiger partial charge on any atom is -0.306 e. The maximum absolute atomic E-state index is 2.60. The van der Waals surface area contributed by atoms with Crippen LogP contribution in [0.2, 0.25) is 0 Å². The summed E-state index contributed by atoms with van der Waals surface area (Å²) >= 11 is 0. The zero-order valence-corrected chi connectivity index (χ0v) is 8.29. The number of likely N-dealkylation sites (tertiary alicyclic amines) is 2. The molecule has 2 aliphatic heterocycles. The maximum atomic E-state index is 2.60. The second kappa shape index (κ2) is 3.35. The fraction of sp³-hybridized carbons (Fsp3) is 1.00. The quantitative estimate of drug-likeness (QED) is 0.574. The second-order valence-corrected chi connectivity index (χ2v) is 4.42. The second-order valence-electron chi connectivity index (χ2n) is 4.42. The van der Waals surface area contributed by atoms with Gasteiger partial charge in [0.1, 0.15) is 0 Å². The number of piperidine rings is 1. The molecule has 0 bridgehead atoms. The van der Waals surface area contributed by atoms with E-state index in [0.29, 0.717) is 0 Å². The van der Waals surface area contributed by atoms with Gasteiger partial charge in [0.15, 0.2) is 0 Å². The van der Waals surface area contributed by atoms with Gasteiger partial charge in [-0.15, -0.1) is 0 Å². The summed E-state index contributed by atoms with van der Waals surface area (Å²) in [6.45, 7) is 8.90. The fourth-order valence-corrected chi connectivity index (χ4v) is 2.77. The third-order valence-corrected chi connectivity index (χ3v) is 3.52. The van der Waals surface area contributed by atoms with E-state index in [1.807, 2.05) is 0 Å². The summed E-state index contributed by atoms with van der Waals surface area (Å²) in [6.07, 6.45) is 1.43. The standard InChI is InChI=1S/C10H20N2/c1-3-12-5-4-9-6-11(2)7-10(9)8-12/h9-10H,3-8H2,1-2H3. The molecule has 12 heavy (non-hydrogen) atoms. The van der Waals surface area contributed by atoms with Crippen molar-refractivity contribution in [2.24, 2.45) is 11.8 Å². The van der Waals surface area contributed by atoms with E-state index in [0.717, 1.165) is 11.8 Å². The average molecular weight is 168 g/mol. The fourth-order valence-electron chi connectivity index (χ4n) is 2.77. The molecular weight excluding hydrogens is 148 g/mol. The molecule has 0 N–H and O–H groups in total. The van der Waals surface area contributed by atoms with Crippen LogP contribution >= 0.6 is 0 Å². The van der Waals surface area contributed by atoms with Gasteiger partial charge in [0, 0.05) is 19.6 Å². The topological polar surface area (TPSA) is 6.48 Å². The van der Waals surface area contributed by atoms with Gasteiger partial charge in [-0.2, -0.15) is 0 Å². The first-order valence-electron chi connectivity index (χ1n) is 5.20. The third-order valence-electron chi connectivity index (χ3n) is 3.52. The summed E-state index contributed by atoms with van der Waals surface area (Å²) in [5, 5.41) is 0. The normalized spacial score (nSPS) is 38.5. The van der Waals surface area contributed by atoms with E-state index in [2.05, 4.69) is 23.8 Å². The number of hydrogen-bond acceptors (Lipinski definition) is 2. The van der Waals surface area contributed by atoms with Crippen molar-refractivity contribution < 1.29 is 0 Å². The Kier molecular flexibility index (Phi) is 2.37. The van der Waals surface area contributed by atoms with Crippen molar-refractivity contribution in [2.75, 3.05) is 39.8 Å². The molecule has 0 aliphatic carbocycles. The lowest BCUT2D eigenvalue weighted by atomic mass is 9.89. The van der Waals surface area contributed by atoms with Gasteiger partial charge in [-0.3, -0.25) is 0 Å². The molecular formula is C10H20N2. The van der Waals surface area contributed by atoms with Crippen LogP contribution in [-0.4, -0.2) is 49.6 Å². The summed E-state index contributed by atoms with van der Waals surface area (Å²) in [5.41, 5.74) is 0. The molecule has 2 fully saturated rings. The van der Waals surface area contributed by atoms with Crippen LogP contribution in [-0.2, 0) is 0 Å². The molecule has 0 radical (unpaired) electrons. The van der Waals surface area contributed by atoms with Crippen molar-refractivity contribution in [3.8, 4) is 0 Å². The number of hydrogen-bond donors (Lipinski definition) is 0. The van der Waals surface area contributed by atoms with Crippen LogP contribution in [0.25, 0.3) is 0 Å². The zero-order chi connectivity index (χ0) is 8.55. The van der Waals surface area contributed by atoms with Crippen LogP contribution in [0.1, 0.15) is 13.3 Å². The SMILES string of the molecule is CCN1CCC2CN(C)CC2C1. The lowest BCUT2D eigenvalue weighted by Crippen LogP contribution is -2.39. The van der Waals surface area contributed by atoms with Gasteiger partial charge < -0.3 is 9.80 Å². The van der Waals surface area contributed by atoms with E-state index < -0.39 is 0 Å². The van der Waals surface area contributed by atoms with Gasteiger partial charge in [0.25, 0.3) is 0 Å². The van der Waals surface area contributed by atoms with E-state index in [1.54, 1.807) is 0 Å². The summed E-state index contributed by atoms with van der Waals surface area (Å²) in [7, 11) is 2.26. The van der Waals surface area contributed by atoms with Crippen LogP contribution < -0.4 is 0 Å². The minimum atomic E-state index is 0.976. The molecule has 0 amide bonds. The molecule has 2 atom stereocenters. The first-order valence-corrected chi connectivity index (χ1v) is 5.20. The molecule has 2 unspecified atom stereocenters. The maximum Gasteiger partial charge on any atom is 0.00249 e. The molecule has 2 heteroatoms. The highest BCUT2D eigenvalue weighted by Crippen LogP contribution is 2.29. The Morgan fingerprint density at radius 2 is 1.92 bits per heavy atom. The van der Waals surface area contributed by atoms with Gasteiger partial charge >= 0.3 is 0 Å². The highest BCUT2D eigenvalue weighted by atomic mass is 15.2. The summed E-state index contributed by atoms with van der Waals surface area (Å²) < 4.78 is 0. The van der Waals surface area contributed by atoms with Crippen molar-refractivity contribution in [1.29, 1.82) is 0 Å². The van der Waals surface area contributed by atoms with Crippen LogP contribution in [0.15, 0.2) is 0 Å². The van der Waals surface area contributed by atoms with Crippen LogP contribution in [0.5, 0.6) is 0 Å². The highest BCUT2D eigenvalue weighted by Gasteiger charge is 2.34. The Morgan fingerprint density at radius 3 is 2.67 bits per heavy atom. The summed E-state index contributed by atoms with van der Waals surface area (Å²) in [5.74, 6) is 1.99. The number of nitrogens with zero attached hydrogens (tertiary/aromatic N) is 2. The Bertz CT molecular complexity index is 158. The van der Waals surface area contributed by atoms with Crippen LogP contribution in [0.4, 0.5) is 0 Å². The van der Waals surface area contributed by atoms with E-state index in [4.69, 9.17) is 0 Å². The van der Waals surface area contributed by atoms with E-state index in [9.17, 15) is 0 Å². The van der Waals surface area contributed by atoms with Gasteiger partial charge in [0.2, 0.25) is 0 Å². The molecule has 0 aromatic rings. The molecule has 2 rings (SSSR count). The first kappa shape index (κ1) is 8.52. The van der Waals surface area contributed by atoms with Crippen molar-refractivity contribution in [2.45, 2.75) is 13.3 Å². The molecule has 2 heterocycles. The molecule has 70 valence electrons. The van der Waals surface area contributed by atoms with Crippen molar-refractivity contribution in [3.63, 3.8) is 0 Å². The Hall–Kier alpha value is -0.0800. The molecule has 2 aliphatic rings. The van der Waals surface area contributed by atoms with Crippen molar-refractivity contribution in [1.82, 2.24) is 9.80 Å².